The normalized spacial score (nSPS) is 9.94. The van der Waals surface area contributed by atoms with E-state index in [9.17, 15) is 9.59 Å². The summed E-state index contributed by atoms with van der Waals surface area (Å²) in [5.41, 5.74) is 0.958. The number of halogens is 1. The first-order chi connectivity index (χ1) is 8.52. The van der Waals surface area contributed by atoms with Gasteiger partial charge in [-0.3, -0.25) is 9.59 Å². The van der Waals surface area contributed by atoms with Crippen molar-refractivity contribution in [1.82, 2.24) is 4.90 Å². The van der Waals surface area contributed by atoms with Gasteiger partial charge in [-0.1, -0.05) is 23.7 Å². The van der Waals surface area contributed by atoms with E-state index < -0.39 is 5.97 Å². The number of benzene rings is 1. The number of amides is 1. The summed E-state index contributed by atoms with van der Waals surface area (Å²) in [6, 6.07) is 7.22. The average Bonchev–Trinajstić information content (AvgIpc) is 2.32. The molecule has 0 atom stereocenters. The fourth-order valence-corrected chi connectivity index (χ4v) is 1.55. The minimum Gasteiger partial charge on any atom is -0.466 e. The van der Waals surface area contributed by atoms with Crippen LogP contribution in [-0.4, -0.2) is 30.4 Å². The van der Waals surface area contributed by atoms with Gasteiger partial charge in [-0.05, 0) is 24.6 Å². The van der Waals surface area contributed by atoms with Crippen LogP contribution in [0.15, 0.2) is 24.3 Å². The highest BCUT2D eigenvalue weighted by Gasteiger charge is 2.14. The molecule has 0 fully saturated rings. The van der Waals surface area contributed by atoms with Crippen LogP contribution in [0.1, 0.15) is 18.9 Å². The van der Waals surface area contributed by atoms with Crippen molar-refractivity contribution in [2.75, 3.05) is 13.7 Å². The van der Waals surface area contributed by atoms with Gasteiger partial charge in [0.15, 0.2) is 0 Å². The van der Waals surface area contributed by atoms with Gasteiger partial charge in [0.25, 0.3) is 0 Å². The molecule has 1 aromatic carbocycles. The summed E-state index contributed by atoms with van der Waals surface area (Å²) < 4.78 is 4.72. The molecule has 0 aromatic heterocycles. The lowest BCUT2D eigenvalue weighted by Gasteiger charge is -2.16. The summed E-state index contributed by atoms with van der Waals surface area (Å²) in [6.45, 7) is 2.43. The van der Waals surface area contributed by atoms with E-state index in [-0.39, 0.29) is 18.9 Å². The second kappa shape index (κ2) is 7.01. The highest BCUT2D eigenvalue weighted by atomic mass is 35.5. The molecule has 1 amide bonds. The van der Waals surface area contributed by atoms with Crippen molar-refractivity contribution in [2.45, 2.75) is 19.9 Å². The number of ether oxygens (including phenoxy) is 1. The van der Waals surface area contributed by atoms with Crippen LogP contribution in [0.2, 0.25) is 5.02 Å². The van der Waals surface area contributed by atoms with Gasteiger partial charge in [-0.2, -0.15) is 0 Å². The zero-order valence-electron chi connectivity index (χ0n) is 10.5. The van der Waals surface area contributed by atoms with Crippen molar-refractivity contribution in [1.29, 1.82) is 0 Å². The fourth-order valence-electron chi connectivity index (χ4n) is 1.42. The van der Waals surface area contributed by atoms with Gasteiger partial charge in [-0.25, -0.2) is 0 Å². The van der Waals surface area contributed by atoms with Crippen LogP contribution in [0.3, 0.4) is 0 Å². The summed E-state index contributed by atoms with van der Waals surface area (Å²) in [6.07, 6.45) is -0.224. The van der Waals surface area contributed by atoms with Gasteiger partial charge in [-0.15, -0.1) is 0 Å². The monoisotopic (exact) mass is 269 g/mol. The number of esters is 1. The Hall–Kier alpha value is -1.55. The topological polar surface area (TPSA) is 46.6 Å². The summed E-state index contributed by atoms with van der Waals surface area (Å²) in [4.78, 5) is 24.4. The lowest BCUT2D eigenvalue weighted by atomic mass is 10.2. The lowest BCUT2D eigenvalue weighted by molar-refractivity contribution is -0.148. The van der Waals surface area contributed by atoms with Gasteiger partial charge < -0.3 is 9.64 Å². The van der Waals surface area contributed by atoms with Crippen LogP contribution >= 0.6 is 11.6 Å². The molecular formula is C13H16ClNO3. The van der Waals surface area contributed by atoms with Crippen LogP contribution in [0.25, 0.3) is 0 Å². The maximum absolute atomic E-state index is 11.7. The molecule has 0 saturated carbocycles. The third-order valence-electron chi connectivity index (χ3n) is 2.36. The second-order valence-corrected chi connectivity index (χ2v) is 4.29. The molecule has 0 spiro atoms. The number of hydrogen-bond acceptors (Lipinski definition) is 3. The van der Waals surface area contributed by atoms with Gasteiger partial charge in [0.05, 0.1) is 6.61 Å². The molecule has 98 valence electrons. The predicted octanol–water partition coefficient (Wildman–Crippen LogP) is 2.25. The Labute approximate surface area is 111 Å². The molecule has 0 saturated heterocycles. The van der Waals surface area contributed by atoms with E-state index >= 15 is 0 Å². The molecule has 0 bridgehead atoms. The van der Waals surface area contributed by atoms with E-state index in [1.165, 1.54) is 4.90 Å². The second-order valence-electron chi connectivity index (χ2n) is 3.86. The number of hydrogen-bond donors (Lipinski definition) is 0. The Balaban J connectivity index is 2.49. The van der Waals surface area contributed by atoms with E-state index in [1.54, 1.807) is 26.1 Å². The third-order valence-corrected chi connectivity index (χ3v) is 2.61. The number of rotatable bonds is 5. The van der Waals surface area contributed by atoms with E-state index in [1.807, 2.05) is 12.1 Å². The predicted molar refractivity (Wildman–Crippen MR) is 69.2 cm³/mol. The SMILES string of the molecule is CCOC(=O)CC(=O)N(C)Cc1ccc(Cl)cc1. The van der Waals surface area contributed by atoms with E-state index in [0.717, 1.165) is 5.56 Å². The van der Waals surface area contributed by atoms with Crippen LogP contribution in [0.5, 0.6) is 0 Å². The third kappa shape index (κ3) is 4.75. The Morgan fingerprint density at radius 2 is 1.89 bits per heavy atom. The Bertz CT molecular complexity index is 417. The van der Waals surface area contributed by atoms with Crippen LogP contribution in [0.4, 0.5) is 0 Å². The molecule has 0 aliphatic heterocycles. The first-order valence-corrected chi connectivity index (χ1v) is 6.04. The van der Waals surface area contributed by atoms with E-state index in [0.29, 0.717) is 11.6 Å². The molecule has 1 aromatic rings. The van der Waals surface area contributed by atoms with E-state index in [2.05, 4.69) is 0 Å². The Kier molecular flexibility index (Phi) is 5.65. The maximum Gasteiger partial charge on any atom is 0.315 e. The fraction of sp³-hybridized carbons (Fsp3) is 0.385. The minimum absolute atomic E-state index is 0.224. The van der Waals surface area contributed by atoms with Crippen LogP contribution in [0, 0.1) is 0 Å². The van der Waals surface area contributed by atoms with Gasteiger partial charge >= 0.3 is 5.97 Å². The lowest BCUT2D eigenvalue weighted by Crippen LogP contribution is -2.28. The molecule has 0 unspecified atom stereocenters. The van der Waals surface area contributed by atoms with Gasteiger partial charge in [0.2, 0.25) is 5.91 Å². The van der Waals surface area contributed by atoms with Crippen LogP contribution in [-0.2, 0) is 20.9 Å². The highest BCUT2D eigenvalue weighted by Crippen LogP contribution is 2.11. The molecule has 5 heteroatoms. The van der Waals surface area contributed by atoms with Crippen molar-refractivity contribution in [3.05, 3.63) is 34.9 Å². The van der Waals surface area contributed by atoms with Gasteiger partial charge in [0, 0.05) is 18.6 Å². The zero-order valence-corrected chi connectivity index (χ0v) is 11.2. The number of carbonyl (C=O) groups excluding carboxylic acids is 2. The summed E-state index contributed by atoms with van der Waals surface area (Å²) >= 11 is 5.77. The van der Waals surface area contributed by atoms with Crippen LogP contribution < -0.4 is 0 Å². The minimum atomic E-state index is -0.495. The van der Waals surface area contributed by atoms with E-state index in [4.69, 9.17) is 16.3 Å². The summed E-state index contributed by atoms with van der Waals surface area (Å²) in [5, 5.41) is 0.652. The zero-order chi connectivity index (χ0) is 13.5. The van der Waals surface area contributed by atoms with Crippen molar-refractivity contribution in [2.24, 2.45) is 0 Å². The molecule has 0 N–H and O–H groups in total. The molecule has 1 rings (SSSR count). The van der Waals surface area contributed by atoms with Crippen molar-refractivity contribution in [3.8, 4) is 0 Å². The smallest absolute Gasteiger partial charge is 0.315 e. The average molecular weight is 270 g/mol. The number of nitrogens with zero attached hydrogens (tertiary/aromatic N) is 1. The molecule has 18 heavy (non-hydrogen) atoms. The largest absolute Gasteiger partial charge is 0.466 e. The van der Waals surface area contributed by atoms with Crippen molar-refractivity contribution >= 4 is 23.5 Å². The summed E-state index contributed by atoms with van der Waals surface area (Å²) in [7, 11) is 1.65. The van der Waals surface area contributed by atoms with Crippen molar-refractivity contribution < 1.29 is 14.3 Å². The standard InChI is InChI=1S/C13H16ClNO3/c1-3-18-13(17)8-12(16)15(2)9-10-4-6-11(14)7-5-10/h4-7H,3,8-9H2,1-2H3. The Morgan fingerprint density at radius 3 is 2.44 bits per heavy atom. The maximum atomic E-state index is 11.7. The molecule has 0 heterocycles. The summed E-state index contributed by atoms with van der Waals surface area (Å²) in [5.74, 6) is -0.756. The molecule has 0 radical (unpaired) electrons. The number of carbonyl (C=O) groups is 2. The van der Waals surface area contributed by atoms with Gasteiger partial charge in [0.1, 0.15) is 6.42 Å². The first kappa shape index (κ1) is 14.5. The molecule has 4 nitrogen and oxygen atoms in total. The molecule has 0 aliphatic carbocycles. The highest BCUT2D eigenvalue weighted by molar-refractivity contribution is 6.30. The Morgan fingerprint density at radius 1 is 1.28 bits per heavy atom. The molecular weight excluding hydrogens is 254 g/mol. The first-order valence-electron chi connectivity index (χ1n) is 5.67. The molecule has 0 aliphatic rings. The van der Waals surface area contributed by atoms with Crippen molar-refractivity contribution in [3.63, 3.8) is 0 Å². The quantitative estimate of drug-likeness (QED) is 0.608.